The van der Waals surface area contributed by atoms with Crippen molar-refractivity contribution in [2.75, 3.05) is 26.2 Å². The van der Waals surface area contributed by atoms with E-state index in [1.807, 2.05) is 41.8 Å². The minimum absolute atomic E-state index is 0.269. The maximum Gasteiger partial charge on any atom is 0.167 e. The van der Waals surface area contributed by atoms with Crippen molar-refractivity contribution in [1.82, 2.24) is 19.6 Å². The van der Waals surface area contributed by atoms with Crippen molar-refractivity contribution < 1.29 is 14.7 Å². The number of fused-ring (bicyclic) bond motifs is 1. The fourth-order valence-electron chi connectivity index (χ4n) is 5.11. The molecule has 1 aliphatic heterocycles. The molecule has 1 aromatic carbocycles. The van der Waals surface area contributed by atoms with Gasteiger partial charge in [-0.05, 0) is 49.9 Å². The molecule has 0 radical (unpaired) electrons. The van der Waals surface area contributed by atoms with Crippen LogP contribution < -0.4 is 5.73 Å². The molecule has 2 aliphatic rings. The maximum atomic E-state index is 9.97. The zero-order chi connectivity index (χ0) is 23.8. The van der Waals surface area contributed by atoms with Crippen LogP contribution in [0.4, 0.5) is 0 Å². The zero-order valence-corrected chi connectivity index (χ0v) is 19.5. The number of rotatable bonds is 7. The average Bonchev–Trinajstić information content (AvgIpc) is 3.31. The van der Waals surface area contributed by atoms with E-state index in [0.29, 0.717) is 41.6 Å². The highest BCUT2D eigenvalue weighted by molar-refractivity contribution is 5.59. The number of aliphatic hydroxyl groups excluding tert-OH is 2. The third kappa shape index (κ3) is 4.52. The summed E-state index contributed by atoms with van der Waals surface area (Å²) in [6.07, 6.45) is 2.46. The summed E-state index contributed by atoms with van der Waals surface area (Å²) >= 11 is 0. The second-order valence-corrected chi connectivity index (χ2v) is 9.50. The molecule has 0 bridgehead atoms. The first kappa shape index (κ1) is 22.8. The normalized spacial score (nSPS) is 24.2. The predicted molar refractivity (Wildman–Crippen MR) is 127 cm³/mol. The van der Waals surface area contributed by atoms with E-state index >= 15 is 0 Å². The third-order valence-corrected chi connectivity index (χ3v) is 6.85. The van der Waals surface area contributed by atoms with Crippen LogP contribution in [0.15, 0.2) is 47.2 Å². The monoisotopic (exact) mass is 461 g/mol. The lowest BCUT2D eigenvalue weighted by molar-refractivity contribution is 0.132. The van der Waals surface area contributed by atoms with Crippen LogP contribution in [0.25, 0.3) is 11.3 Å². The Hall–Kier alpha value is -2.96. The topological polar surface area (TPSA) is 114 Å². The number of likely N-dealkylation sites (tertiary alicyclic amines) is 1. The lowest BCUT2D eigenvalue weighted by Crippen LogP contribution is -2.31. The second-order valence-electron chi connectivity index (χ2n) is 9.50. The summed E-state index contributed by atoms with van der Waals surface area (Å²) in [6, 6.07) is 9.59. The number of aromatic nitrogens is 3. The van der Waals surface area contributed by atoms with E-state index in [1.54, 1.807) is 19.3 Å². The van der Waals surface area contributed by atoms with Crippen molar-refractivity contribution in [1.29, 1.82) is 0 Å². The fraction of sp³-hybridized carbons (Fsp3) is 0.462. The number of nitrogens with two attached hydrogens (primary N) is 1. The summed E-state index contributed by atoms with van der Waals surface area (Å²) in [5, 5.41) is 23.8. The van der Waals surface area contributed by atoms with E-state index in [1.165, 1.54) is 0 Å². The predicted octanol–water partition coefficient (Wildman–Crippen LogP) is 2.05. The third-order valence-electron chi connectivity index (χ3n) is 6.85. The number of aliphatic hydroxyl groups is 2. The summed E-state index contributed by atoms with van der Waals surface area (Å²) in [5.41, 5.74) is 8.60. The quantitative estimate of drug-likeness (QED) is 0.462. The number of β-amino-alcohol motifs (C(OH)–C–C–N with tert-alkyl or cyclic N) is 1. The number of hydrogen-bond acceptors (Lipinski definition) is 7. The van der Waals surface area contributed by atoms with Crippen molar-refractivity contribution in [3.63, 3.8) is 0 Å². The van der Waals surface area contributed by atoms with Crippen molar-refractivity contribution in [2.45, 2.75) is 32.1 Å². The van der Waals surface area contributed by atoms with Gasteiger partial charge in [-0.25, -0.2) is 4.98 Å². The molecule has 5 rings (SSSR count). The van der Waals surface area contributed by atoms with Gasteiger partial charge in [-0.3, -0.25) is 0 Å². The summed E-state index contributed by atoms with van der Waals surface area (Å²) in [5.74, 6) is 9.74. The van der Waals surface area contributed by atoms with Crippen molar-refractivity contribution in [3.05, 3.63) is 59.8 Å². The maximum absolute atomic E-state index is 9.97. The summed E-state index contributed by atoms with van der Waals surface area (Å²) in [7, 11) is 0. The summed E-state index contributed by atoms with van der Waals surface area (Å²) < 4.78 is 7.44. The lowest BCUT2D eigenvalue weighted by Gasteiger charge is -2.19. The molecule has 2 aromatic heterocycles. The van der Waals surface area contributed by atoms with E-state index in [0.717, 1.165) is 30.8 Å². The highest BCUT2D eigenvalue weighted by Gasteiger charge is 2.54. The number of piperidine rings is 1. The molecule has 2 fully saturated rings. The molecule has 178 valence electrons. The Morgan fingerprint density at radius 3 is 2.56 bits per heavy atom. The van der Waals surface area contributed by atoms with Crippen LogP contribution >= 0.6 is 0 Å². The van der Waals surface area contributed by atoms with Gasteiger partial charge in [0.1, 0.15) is 17.6 Å². The highest BCUT2D eigenvalue weighted by Crippen LogP contribution is 2.51. The van der Waals surface area contributed by atoms with Crippen molar-refractivity contribution in [2.24, 2.45) is 23.5 Å². The standard InChI is InChI=1S/C26H31N5O3/c1-16(32)13-30-14-21-20(22(21)15-30)8-5-18-3-6-19(7-4-18)25-11-23(29-34-25)24(12-27)31-10-9-28-26(31)17(2)33/h3-4,6-7,9-11,16-17,20-22,24,32-33H,12-15,27H2,1-2H3/t16?,17-,20-,21-,22+,24+/m0/s1. The van der Waals surface area contributed by atoms with Crippen LogP contribution in [0.5, 0.6) is 0 Å². The molecule has 34 heavy (non-hydrogen) atoms. The molecule has 8 heteroatoms. The number of hydrogen-bond donors (Lipinski definition) is 3. The largest absolute Gasteiger partial charge is 0.392 e. The first-order valence-corrected chi connectivity index (χ1v) is 11.8. The molecule has 8 nitrogen and oxygen atoms in total. The smallest absolute Gasteiger partial charge is 0.167 e. The first-order valence-electron chi connectivity index (χ1n) is 11.8. The van der Waals surface area contributed by atoms with E-state index in [2.05, 4.69) is 26.9 Å². The van der Waals surface area contributed by atoms with Gasteiger partial charge in [0.05, 0.1) is 12.1 Å². The second kappa shape index (κ2) is 9.35. The van der Waals surface area contributed by atoms with Gasteiger partial charge in [0.25, 0.3) is 0 Å². The SMILES string of the molecule is CC(O)CN1C[C@@H]2[C@@H](C#Cc3ccc(-c4cc([C@@H](CN)n5ccnc5[C@H](C)O)no4)cc3)[C@@H]2C1. The molecule has 1 saturated heterocycles. The molecule has 4 N–H and O–H groups in total. The van der Waals surface area contributed by atoms with Crippen LogP contribution in [-0.4, -0.2) is 62.1 Å². The van der Waals surface area contributed by atoms with Gasteiger partial charge in [0, 0.05) is 61.7 Å². The molecule has 1 saturated carbocycles. The molecule has 3 aromatic rings. The Morgan fingerprint density at radius 2 is 1.91 bits per heavy atom. The summed E-state index contributed by atoms with van der Waals surface area (Å²) in [4.78, 5) is 6.57. The Kier molecular flexibility index (Phi) is 6.28. The first-order chi connectivity index (χ1) is 16.4. The molecule has 0 amide bonds. The van der Waals surface area contributed by atoms with Crippen LogP contribution in [0.2, 0.25) is 0 Å². The van der Waals surface area contributed by atoms with Crippen molar-refractivity contribution in [3.8, 4) is 23.2 Å². The minimum Gasteiger partial charge on any atom is -0.392 e. The molecule has 0 spiro atoms. The number of imidazole rings is 1. The molecular weight excluding hydrogens is 430 g/mol. The van der Waals surface area contributed by atoms with Gasteiger partial charge >= 0.3 is 0 Å². The van der Waals surface area contributed by atoms with E-state index in [-0.39, 0.29) is 12.1 Å². The number of nitrogens with zero attached hydrogens (tertiary/aromatic N) is 4. The Morgan fingerprint density at radius 1 is 1.18 bits per heavy atom. The van der Waals surface area contributed by atoms with Crippen LogP contribution in [0.1, 0.15) is 43.1 Å². The Bertz CT molecular complexity index is 1170. The van der Waals surface area contributed by atoms with E-state index in [4.69, 9.17) is 10.3 Å². The molecule has 1 unspecified atom stereocenters. The fourth-order valence-corrected chi connectivity index (χ4v) is 5.11. The minimum atomic E-state index is -0.706. The molecular formula is C26H31N5O3. The van der Waals surface area contributed by atoms with E-state index < -0.39 is 6.10 Å². The van der Waals surface area contributed by atoms with Gasteiger partial charge in [-0.2, -0.15) is 0 Å². The van der Waals surface area contributed by atoms with Crippen LogP contribution in [-0.2, 0) is 0 Å². The van der Waals surface area contributed by atoms with E-state index in [9.17, 15) is 10.2 Å². The Labute approximate surface area is 199 Å². The van der Waals surface area contributed by atoms with Gasteiger partial charge in [0.2, 0.25) is 0 Å². The lowest BCUT2D eigenvalue weighted by atomic mass is 10.1. The van der Waals surface area contributed by atoms with Crippen LogP contribution in [0.3, 0.4) is 0 Å². The van der Waals surface area contributed by atoms with Gasteiger partial charge in [-0.15, -0.1) is 0 Å². The molecule has 1 aliphatic carbocycles. The zero-order valence-electron chi connectivity index (χ0n) is 19.5. The summed E-state index contributed by atoms with van der Waals surface area (Å²) in [6.45, 7) is 6.67. The molecule has 3 heterocycles. The Balaban J connectivity index is 1.24. The highest BCUT2D eigenvalue weighted by atomic mass is 16.5. The molecule has 6 atom stereocenters. The van der Waals surface area contributed by atoms with Gasteiger partial charge < -0.3 is 29.9 Å². The van der Waals surface area contributed by atoms with Gasteiger partial charge in [-0.1, -0.05) is 17.0 Å². The van der Waals surface area contributed by atoms with Crippen molar-refractivity contribution >= 4 is 0 Å². The van der Waals surface area contributed by atoms with Crippen LogP contribution in [0, 0.1) is 29.6 Å². The average molecular weight is 462 g/mol. The number of benzene rings is 1. The van der Waals surface area contributed by atoms with Gasteiger partial charge in [0.15, 0.2) is 5.76 Å².